The van der Waals surface area contributed by atoms with Gasteiger partial charge in [0.15, 0.2) is 11.5 Å². The first-order valence-electron chi connectivity index (χ1n) is 4.87. The maximum absolute atomic E-state index is 9.20. The van der Waals surface area contributed by atoms with Crippen molar-refractivity contribution in [3.8, 4) is 17.6 Å². The standard InChI is InChI=1S/C12H11NO2S2/c1-14-9-4-7-8(6-13)12(16-3)17-11(7)5-10(9)15-2/h4-5H,1-3H3. The molecule has 0 fully saturated rings. The normalized spacial score (nSPS) is 10.2. The third-order valence-electron chi connectivity index (χ3n) is 2.46. The van der Waals surface area contributed by atoms with Gasteiger partial charge in [-0.2, -0.15) is 5.26 Å². The second-order valence-electron chi connectivity index (χ2n) is 3.28. The molecule has 1 aromatic carbocycles. The van der Waals surface area contributed by atoms with Crippen molar-refractivity contribution in [3.63, 3.8) is 0 Å². The highest BCUT2D eigenvalue weighted by Gasteiger charge is 2.15. The molecule has 1 aromatic heterocycles. The second kappa shape index (κ2) is 4.86. The number of nitriles is 1. The minimum atomic E-state index is 0.655. The Labute approximate surface area is 108 Å². The van der Waals surface area contributed by atoms with E-state index >= 15 is 0 Å². The molecule has 2 rings (SSSR count). The van der Waals surface area contributed by atoms with Crippen LogP contribution in [0.25, 0.3) is 10.1 Å². The van der Waals surface area contributed by atoms with Crippen LogP contribution in [0.2, 0.25) is 0 Å². The largest absolute Gasteiger partial charge is 0.493 e. The predicted molar refractivity (Wildman–Crippen MR) is 71.4 cm³/mol. The molecule has 0 spiro atoms. The van der Waals surface area contributed by atoms with Crippen molar-refractivity contribution in [3.05, 3.63) is 17.7 Å². The number of ether oxygens (including phenoxy) is 2. The molecular formula is C12H11NO2S2. The number of hydrogen-bond acceptors (Lipinski definition) is 5. The van der Waals surface area contributed by atoms with Crippen LogP contribution in [0.15, 0.2) is 16.3 Å². The van der Waals surface area contributed by atoms with E-state index in [1.807, 2.05) is 18.4 Å². The summed E-state index contributed by atoms with van der Waals surface area (Å²) in [7, 11) is 3.20. The maximum atomic E-state index is 9.20. The van der Waals surface area contributed by atoms with E-state index in [1.54, 1.807) is 37.3 Å². The van der Waals surface area contributed by atoms with Crippen LogP contribution in [0.1, 0.15) is 5.56 Å². The molecule has 2 aromatic rings. The fourth-order valence-electron chi connectivity index (χ4n) is 1.65. The summed E-state index contributed by atoms with van der Waals surface area (Å²) in [4.78, 5) is 0. The zero-order valence-corrected chi connectivity index (χ0v) is 11.4. The lowest BCUT2D eigenvalue weighted by molar-refractivity contribution is 0.356. The fraction of sp³-hybridized carbons (Fsp3) is 0.250. The molecule has 0 radical (unpaired) electrons. The molecule has 3 nitrogen and oxygen atoms in total. The van der Waals surface area contributed by atoms with E-state index in [4.69, 9.17) is 9.47 Å². The second-order valence-corrected chi connectivity index (χ2v) is 5.41. The molecule has 0 atom stereocenters. The zero-order chi connectivity index (χ0) is 12.4. The molecule has 0 aliphatic heterocycles. The van der Waals surface area contributed by atoms with Gasteiger partial charge in [0.25, 0.3) is 0 Å². The highest BCUT2D eigenvalue weighted by Crippen LogP contribution is 2.41. The molecular weight excluding hydrogens is 254 g/mol. The van der Waals surface area contributed by atoms with Gasteiger partial charge >= 0.3 is 0 Å². The van der Waals surface area contributed by atoms with Crippen molar-refractivity contribution in [1.29, 1.82) is 5.26 Å². The van der Waals surface area contributed by atoms with Gasteiger partial charge in [-0.3, -0.25) is 0 Å². The monoisotopic (exact) mass is 265 g/mol. The summed E-state index contributed by atoms with van der Waals surface area (Å²) in [6.07, 6.45) is 1.97. The molecule has 0 N–H and O–H groups in total. The van der Waals surface area contributed by atoms with Crippen molar-refractivity contribution in [2.45, 2.75) is 4.21 Å². The molecule has 0 aliphatic rings. The van der Waals surface area contributed by atoms with Crippen LogP contribution in [0.5, 0.6) is 11.5 Å². The Morgan fingerprint density at radius 2 is 1.88 bits per heavy atom. The van der Waals surface area contributed by atoms with E-state index in [0.29, 0.717) is 11.5 Å². The number of hydrogen-bond donors (Lipinski definition) is 0. The molecule has 17 heavy (non-hydrogen) atoms. The SMILES string of the molecule is COc1cc2sc(SC)c(C#N)c2cc1OC. The van der Waals surface area contributed by atoms with Crippen LogP contribution in [0, 0.1) is 11.3 Å². The van der Waals surface area contributed by atoms with Crippen molar-refractivity contribution >= 4 is 33.2 Å². The summed E-state index contributed by atoms with van der Waals surface area (Å²) in [5, 5.41) is 10.1. The third kappa shape index (κ3) is 1.94. The maximum Gasteiger partial charge on any atom is 0.162 e. The van der Waals surface area contributed by atoms with Gasteiger partial charge in [0.2, 0.25) is 0 Å². The summed E-state index contributed by atoms with van der Waals surface area (Å²) in [5.41, 5.74) is 0.721. The number of methoxy groups -OCH3 is 2. The lowest BCUT2D eigenvalue weighted by Crippen LogP contribution is -1.89. The minimum Gasteiger partial charge on any atom is -0.493 e. The molecule has 5 heteroatoms. The number of thioether (sulfide) groups is 1. The van der Waals surface area contributed by atoms with Crippen LogP contribution < -0.4 is 9.47 Å². The van der Waals surface area contributed by atoms with Crippen molar-refractivity contribution < 1.29 is 9.47 Å². The van der Waals surface area contributed by atoms with E-state index in [2.05, 4.69) is 6.07 Å². The minimum absolute atomic E-state index is 0.655. The Hall–Kier alpha value is -1.38. The Balaban J connectivity index is 2.77. The molecule has 0 saturated carbocycles. The van der Waals surface area contributed by atoms with Crippen molar-refractivity contribution in [1.82, 2.24) is 0 Å². The van der Waals surface area contributed by atoms with E-state index in [1.165, 1.54) is 0 Å². The third-order valence-corrected chi connectivity index (χ3v) is 4.73. The van der Waals surface area contributed by atoms with E-state index in [0.717, 1.165) is 19.9 Å². The summed E-state index contributed by atoms with van der Waals surface area (Å²) < 4.78 is 12.6. The van der Waals surface area contributed by atoms with Crippen molar-refractivity contribution in [2.24, 2.45) is 0 Å². The van der Waals surface area contributed by atoms with Gasteiger partial charge in [-0.25, -0.2) is 0 Å². The zero-order valence-electron chi connectivity index (χ0n) is 9.73. The number of fused-ring (bicyclic) bond motifs is 1. The Kier molecular flexibility index (Phi) is 3.46. The summed E-state index contributed by atoms with van der Waals surface area (Å²) in [5.74, 6) is 1.35. The molecule has 0 amide bonds. The molecule has 88 valence electrons. The van der Waals surface area contributed by atoms with Crippen LogP contribution in [-0.4, -0.2) is 20.5 Å². The highest BCUT2D eigenvalue weighted by atomic mass is 32.2. The Morgan fingerprint density at radius 3 is 2.41 bits per heavy atom. The smallest absolute Gasteiger partial charge is 0.162 e. The molecule has 0 aliphatic carbocycles. The highest BCUT2D eigenvalue weighted by molar-refractivity contribution is 8.00. The molecule has 0 saturated heterocycles. The Morgan fingerprint density at radius 1 is 1.24 bits per heavy atom. The van der Waals surface area contributed by atoms with Gasteiger partial charge in [0, 0.05) is 16.2 Å². The van der Waals surface area contributed by atoms with Crippen LogP contribution in [0.4, 0.5) is 0 Å². The van der Waals surface area contributed by atoms with Gasteiger partial charge < -0.3 is 9.47 Å². The molecule has 1 heterocycles. The van der Waals surface area contributed by atoms with Gasteiger partial charge in [-0.05, 0) is 12.3 Å². The van der Waals surface area contributed by atoms with Gasteiger partial charge in [0.1, 0.15) is 6.07 Å². The van der Waals surface area contributed by atoms with Gasteiger partial charge in [-0.15, -0.1) is 23.1 Å². The average Bonchev–Trinajstić information content (AvgIpc) is 2.73. The van der Waals surface area contributed by atoms with Gasteiger partial charge in [0.05, 0.1) is 24.0 Å². The number of benzene rings is 1. The summed E-state index contributed by atoms with van der Waals surface area (Å²) >= 11 is 3.19. The van der Waals surface area contributed by atoms with Crippen LogP contribution >= 0.6 is 23.1 Å². The lowest BCUT2D eigenvalue weighted by Gasteiger charge is -2.06. The van der Waals surface area contributed by atoms with Crippen molar-refractivity contribution in [2.75, 3.05) is 20.5 Å². The van der Waals surface area contributed by atoms with Crippen LogP contribution in [0.3, 0.4) is 0 Å². The predicted octanol–water partition coefficient (Wildman–Crippen LogP) is 3.51. The number of nitrogens with zero attached hydrogens (tertiary/aromatic N) is 1. The molecule has 0 unspecified atom stereocenters. The average molecular weight is 265 g/mol. The topological polar surface area (TPSA) is 42.2 Å². The number of thiophene rings is 1. The van der Waals surface area contributed by atoms with Crippen LogP contribution in [-0.2, 0) is 0 Å². The Bertz CT molecular complexity index is 599. The summed E-state index contributed by atoms with van der Waals surface area (Å²) in [6.45, 7) is 0. The first-order chi connectivity index (χ1) is 8.24. The number of rotatable bonds is 3. The van der Waals surface area contributed by atoms with E-state index < -0.39 is 0 Å². The van der Waals surface area contributed by atoms with E-state index in [9.17, 15) is 5.26 Å². The fourth-order valence-corrected chi connectivity index (χ4v) is 3.51. The molecule has 0 bridgehead atoms. The summed E-state index contributed by atoms with van der Waals surface area (Å²) in [6, 6.07) is 6.03. The van der Waals surface area contributed by atoms with E-state index in [-0.39, 0.29) is 0 Å². The quantitative estimate of drug-likeness (QED) is 0.796. The lowest BCUT2D eigenvalue weighted by atomic mass is 10.2. The first-order valence-corrected chi connectivity index (χ1v) is 6.91. The first kappa shape index (κ1) is 12.1. The van der Waals surface area contributed by atoms with Gasteiger partial charge in [-0.1, -0.05) is 0 Å².